The van der Waals surface area contributed by atoms with Gasteiger partial charge in [0, 0.05) is 31.6 Å². The van der Waals surface area contributed by atoms with Gasteiger partial charge in [-0.3, -0.25) is 0 Å². The van der Waals surface area contributed by atoms with E-state index in [4.69, 9.17) is 0 Å². The number of rotatable bonds is 1. The van der Waals surface area contributed by atoms with Gasteiger partial charge in [0.2, 0.25) is 0 Å². The highest BCUT2D eigenvalue weighted by molar-refractivity contribution is 5.06. The first kappa shape index (κ1) is 6.23. The first-order valence-electron chi connectivity index (χ1n) is 3.79. The molecule has 0 bridgehead atoms. The maximum absolute atomic E-state index is 3.74. The zero-order valence-electron chi connectivity index (χ0n) is 6.51. The van der Waals surface area contributed by atoms with Gasteiger partial charge in [-0.1, -0.05) is 6.58 Å². The molecule has 10 heavy (non-hydrogen) atoms. The standard InChI is InChI=1S/C8H14N2/c1-3-10-6-8(7-10)4-9(2)5-8/h3H,1,4-7H2,2H3. The van der Waals surface area contributed by atoms with E-state index in [0.717, 1.165) is 0 Å². The highest BCUT2D eigenvalue weighted by Gasteiger charge is 2.49. The molecule has 1 spiro atoms. The second-order valence-corrected chi connectivity index (χ2v) is 3.76. The third kappa shape index (κ3) is 0.686. The monoisotopic (exact) mass is 138 g/mol. The molecule has 2 saturated heterocycles. The van der Waals surface area contributed by atoms with Crippen molar-refractivity contribution in [2.24, 2.45) is 5.41 Å². The average Bonchev–Trinajstić information content (AvgIpc) is 1.74. The van der Waals surface area contributed by atoms with Crippen molar-refractivity contribution >= 4 is 0 Å². The van der Waals surface area contributed by atoms with Gasteiger partial charge in [-0.25, -0.2) is 0 Å². The quantitative estimate of drug-likeness (QED) is 0.517. The minimum absolute atomic E-state index is 0.670. The van der Waals surface area contributed by atoms with Crippen LogP contribution in [0.4, 0.5) is 0 Å². The fourth-order valence-electron chi connectivity index (χ4n) is 2.24. The fourth-order valence-corrected chi connectivity index (χ4v) is 2.24. The van der Waals surface area contributed by atoms with E-state index < -0.39 is 0 Å². The van der Waals surface area contributed by atoms with Crippen LogP contribution in [0.15, 0.2) is 12.8 Å². The van der Waals surface area contributed by atoms with E-state index in [2.05, 4.69) is 23.4 Å². The molecule has 2 nitrogen and oxygen atoms in total. The molecule has 0 saturated carbocycles. The highest BCUT2D eigenvalue weighted by Crippen LogP contribution is 2.38. The van der Waals surface area contributed by atoms with E-state index in [1.165, 1.54) is 26.2 Å². The molecule has 0 aromatic rings. The highest BCUT2D eigenvalue weighted by atomic mass is 15.3. The summed E-state index contributed by atoms with van der Waals surface area (Å²) in [6, 6.07) is 0. The molecule has 2 aliphatic heterocycles. The molecule has 56 valence electrons. The summed E-state index contributed by atoms with van der Waals surface area (Å²) < 4.78 is 0. The summed E-state index contributed by atoms with van der Waals surface area (Å²) in [5.41, 5.74) is 0.670. The SMILES string of the molecule is C=CN1CC2(CN(C)C2)C1. The molecule has 0 unspecified atom stereocenters. The van der Waals surface area contributed by atoms with Crippen LogP contribution in [0.3, 0.4) is 0 Å². The summed E-state index contributed by atoms with van der Waals surface area (Å²) in [6.07, 6.45) is 1.95. The molecule has 2 heteroatoms. The van der Waals surface area contributed by atoms with Gasteiger partial charge in [-0.15, -0.1) is 0 Å². The molecule has 0 amide bonds. The van der Waals surface area contributed by atoms with Gasteiger partial charge < -0.3 is 9.80 Å². The van der Waals surface area contributed by atoms with Crippen LogP contribution in [0.2, 0.25) is 0 Å². The number of nitrogens with zero attached hydrogens (tertiary/aromatic N) is 2. The molecule has 2 heterocycles. The molecular formula is C8H14N2. The number of hydrogen-bond donors (Lipinski definition) is 0. The normalized spacial score (nSPS) is 29.5. The summed E-state index contributed by atoms with van der Waals surface area (Å²) in [6.45, 7) is 8.79. The Kier molecular flexibility index (Phi) is 1.09. The van der Waals surface area contributed by atoms with Crippen LogP contribution in [0.25, 0.3) is 0 Å². The Morgan fingerprint density at radius 3 is 2.30 bits per heavy atom. The predicted molar refractivity (Wildman–Crippen MR) is 41.7 cm³/mol. The van der Waals surface area contributed by atoms with Crippen molar-refractivity contribution in [3.8, 4) is 0 Å². The third-order valence-corrected chi connectivity index (χ3v) is 2.55. The van der Waals surface area contributed by atoms with Crippen LogP contribution in [-0.4, -0.2) is 43.0 Å². The molecule has 0 aliphatic carbocycles. The van der Waals surface area contributed by atoms with E-state index in [0.29, 0.717) is 5.41 Å². The third-order valence-electron chi connectivity index (χ3n) is 2.55. The van der Waals surface area contributed by atoms with Gasteiger partial charge in [0.25, 0.3) is 0 Å². The lowest BCUT2D eigenvalue weighted by Crippen LogP contribution is -2.69. The van der Waals surface area contributed by atoms with Crippen molar-refractivity contribution < 1.29 is 0 Å². The summed E-state index contributed by atoms with van der Waals surface area (Å²) >= 11 is 0. The van der Waals surface area contributed by atoms with Crippen LogP contribution in [0.1, 0.15) is 0 Å². The Morgan fingerprint density at radius 1 is 1.30 bits per heavy atom. The van der Waals surface area contributed by atoms with E-state index in [9.17, 15) is 0 Å². The Bertz CT molecular complexity index is 151. The summed E-state index contributed by atoms with van der Waals surface area (Å²) in [4.78, 5) is 4.66. The van der Waals surface area contributed by atoms with Crippen LogP contribution in [0, 0.1) is 5.41 Å². The van der Waals surface area contributed by atoms with Crippen LogP contribution < -0.4 is 0 Å². The van der Waals surface area contributed by atoms with Crippen LogP contribution in [-0.2, 0) is 0 Å². The predicted octanol–water partition coefficient (Wildman–Crippen LogP) is 0.377. The lowest BCUT2D eigenvalue weighted by Gasteiger charge is -2.59. The maximum atomic E-state index is 3.74. The average molecular weight is 138 g/mol. The Balaban J connectivity index is 1.85. The fraction of sp³-hybridized carbons (Fsp3) is 0.750. The van der Waals surface area contributed by atoms with Crippen molar-refractivity contribution in [1.82, 2.24) is 9.80 Å². The van der Waals surface area contributed by atoms with Gasteiger partial charge in [0.15, 0.2) is 0 Å². The van der Waals surface area contributed by atoms with E-state index in [1.807, 2.05) is 6.20 Å². The minimum atomic E-state index is 0.670. The molecular weight excluding hydrogens is 124 g/mol. The number of likely N-dealkylation sites (tertiary alicyclic amines) is 2. The van der Waals surface area contributed by atoms with Crippen molar-refractivity contribution in [1.29, 1.82) is 0 Å². The summed E-state index contributed by atoms with van der Waals surface area (Å²) in [5, 5.41) is 0. The molecule has 2 rings (SSSR count). The zero-order valence-corrected chi connectivity index (χ0v) is 6.51. The first-order chi connectivity index (χ1) is 4.74. The molecule has 0 aromatic heterocycles. The lowest BCUT2D eigenvalue weighted by atomic mass is 9.73. The smallest absolute Gasteiger partial charge is 0.0307 e. The van der Waals surface area contributed by atoms with Crippen LogP contribution >= 0.6 is 0 Å². The van der Waals surface area contributed by atoms with Crippen LogP contribution in [0.5, 0.6) is 0 Å². The second kappa shape index (κ2) is 1.76. The van der Waals surface area contributed by atoms with E-state index in [1.54, 1.807) is 0 Å². The van der Waals surface area contributed by atoms with Gasteiger partial charge in [-0.2, -0.15) is 0 Å². The van der Waals surface area contributed by atoms with Crippen molar-refractivity contribution in [3.63, 3.8) is 0 Å². The van der Waals surface area contributed by atoms with Gasteiger partial charge in [0.05, 0.1) is 0 Å². The lowest BCUT2D eigenvalue weighted by molar-refractivity contribution is -0.0830. The van der Waals surface area contributed by atoms with Crippen molar-refractivity contribution in [2.45, 2.75) is 0 Å². The molecule has 0 N–H and O–H groups in total. The molecule has 0 atom stereocenters. The van der Waals surface area contributed by atoms with Gasteiger partial charge in [-0.05, 0) is 13.2 Å². The molecule has 2 fully saturated rings. The van der Waals surface area contributed by atoms with Gasteiger partial charge in [0.1, 0.15) is 0 Å². The summed E-state index contributed by atoms with van der Waals surface area (Å²) in [5.74, 6) is 0. The van der Waals surface area contributed by atoms with Crippen molar-refractivity contribution in [3.05, 3.63) is 12.8 Å². The Morgan fingerprint density at radius 2 is 1.90 bits per heavy atom. The van der Waals surface area contributed by atoms with E-state index in [-0.39, 0.29) is 0 Å². The zero-order chi connectivity index (χ0) is 7.19. The molecule has 0 aromatic carbocycles. The number of hydrogen-bond acceptors (Lipinski definition) is 2. The Hall–Kier alpha value is -0.500. The maximum Gasteiger partial charge on any atom is 0.0307 e. The van der Waals surface area contributed by atoms with E-state index >= 15 is 0 Å². The Labute approximate surface area is 62.1 Å². The second-order valence-electron chi connectivity index (χ2n) is 3.76. The minimum Gasteiger partial charge on any atom is -0.376 e. The van der Waals surface area contributed by atoms with Crippen molar-refractivity contribution in [2.75, 3.05) is 33.2 Å². The molecule has 2 aliphatic rings. The topological polar surface area (TPSA) is 6.48 Å². The first-order valence-corrected chi connectivity index (χ1v) is 3.79. The summed E-state index contributed by atoms with van der Waals surface area (Å²) in [7, 11) is 2.18. The van der Waals surface area contributed by atoms with Gasteiger partial charge >= 0.3 is 0 Å². The largest absolute Gasteiger partial charge is 0.376 e. The molecule has 0 radical (unpaired) electrons.